The van der Waals surface area contributed by atoms with Gasteiger partial charge in [0.1, 0.15) is 0 Å². The molecule has 5 heteroatoms. The molecular weight excluding hydrogens is 238 g/mol. The van der Waals surface area contributed by atoms with Crippen LogP contribution >= 0.6 is 23.6 Å². The average molecular weight is 251 g/mol. The lowest BCUT2D eigenvalue weighted by molar-refractivity contribution is 0.815. The maximum absolute atomic E-state index is 5.26. The standard InChI is InChI=1S/C11H13N3S2/c12-11(15)14-13-7-9-5-6-10(16-9)8-3-1-2-4-8/h1,3,5-8H,2,4H2,(H3,12,14,15)/b13-7-/t8-/m0/s1. The largest absolute Gasteiger partial charge is 0.375 e. The molecule has 0 amide bonds. The number of nitrogens with one attached hydrogen (secondary N) is 1. The molecule has 3 N–H and O–H groups in total. The fraction of sp³-hybridized carbons (Fsp3) is 0.273. The smallest absolute Gasteiger partial charge is 0.184 e. The number of nitrogens with zero attached hydrogens (tertiary/aromatic N) is 1. The van der Waals surface area contributed by atoms with Gasteiger partial charge in [0.15, 0.2) is 5.11 Å². The van der Waals surface area contributed by atoms with Gasteiger partial charge in [-0.05, 0) is 37.2 Å². The van der Waals surface area contributed by atoms with Gasteiger partial charge in [0, 0.05) is 15.7 Å². The van der Waals surface area contributed by atoms with E-state index in [1.54, 1.807) is 17.6 Å². The highest BCUT2D eigenvalue weighted by molar-refractivity contribution is 7.80. The van der Waals surface area contributed by atoms with Crippen molar-refractivity contribution in [1.82, 2.24) is 5.43 Å². The zero-order valence-electron chi connectivity index (χ0n) is 8.72. The van der Waals surface area contributed by atoms with Crippen molar-refractivity contribution in [3.63, 3.8) is 0 Å². The van der Waals surface area contributed by atoms with E-state index in [1.807, 2.05) is 0 Å². The zero-order chi connectivity index (χ0) is 11.4. The molecule has 1 heterocycles. The molecule has 0 fully saturated rings. The first-order valence-corrected chi connectivity index (χ1v) is 6.33. The van der Waals surface area contributed by atoms with E-state index in [2.05, 4.69) is 47.0 Å². The van der Waals surface area contributed by atoms with E-state index >= 15 is 0 Å². The molecule has 0 aromatic carbocycles. The number of thiocarbonyl (C=S) groups is 1. The van der Waals surface area contributed by atoms with Crippen molar-refractivity contribution in [3.8, 4) is 0 Å². The molecule has 0 aliphatic heterocycles. The maximum atomic E-state index is 5.26. The van der Waals surface area contributed by atoms with E-state index in [4.69, 9.17) is 5.73 Å². The summed E-state index contributed by atoms with van der Waals surface area (Å²) >= 11 is 6.41. The van der Waals surface area contributed by atoms with Crippen LogP contribution in [0.1, 0.15) is 28.5 Å². The van der Waals surface area contributed by atoms with Crippen molar-refractivity contribution >= 4 is 34.9 Å². The second-order valence-corrected chi connectivity index (χ2v) is 5.17. The van der Waals surface area contributed by atoms with Crippen LogP contribution in [0.2, 0.25) is 0 Å². The molecule has 0 bridgehead atoms. The fourth-order valence-electron chi connectivity index (χ4n) is 1.67. The monoisotopic (exact) mass is 251 g/mol. The van der Waals surface area contributed by atoms with E-state index in [9.17, 15) is 0 Å². The summed E-state index contributed by atoms with van der Waals surface area (Å²) in [6, 6.07) is 4.23. The quantitative estimate of drug-likeness (QED) is 0.375. The van der Waals surface area contributed by atoms with Crippen molar-refractivity contribution in [2.45, 2.75) is 18.8 Å². The first-order chi connectivity index (χ1) is 7.75. The predicted octanol–water partition coefficient (Wildman–Crippen LogP) is 2.35. The minimum Gasteiger partial charge on any atom is -0.375 e. The van der Waals surface area contributed by atoms with Gasteiger partial charge in [-0.1, -0.05) is 12.2 Å². The summed E-state index contributed by atoms with van der Waals surface area (Å²) < 4.78 is 0. The van der Waals surface area contributed by atoms with Crippen LogP contribution in [0.3, 0.4) is 0 Å². The summed E-state index contributed by atoms with van der Waals surface area (Å²) in [5.41, 5.74) is 7.81. The lowest BCUT2D eigenvalue weighted by Crippen LogP contribution is -2.23. The molecule has 3 nitrogen and oxygen atoms in total. The van der Waals surface area contributed by atoms with Gasteiger partial charge in [-0.15, -0.1) is 11.3 Å². The summed E-state index contributed by atoms with van der Waals surface area (Å²) in [6.45, 7) is 0. The Hall–Kier alpha value is -1.20. The van der Waals surface area contributed by atoms with Gasteiger partial charge in [-0.3, -0.25) is 5.43 Å². The van der Waals surface area contributed by atoms with Crippen LogP contribution in [-0.2, 0) is 0 Å². The molecule has 1 aliphatic carbocycles. The molecule has 0 unspecified atom stereocenters. The van der Waals surface area contributed by atoms with Gasteiger partial charge in [0.25, 0.3) is 0 Å². The van der Waals surface area contributed by atoms with E-state index in [-0.39, 0.29) is 5.11 Å². The molecule has 0 saturated heterocycles. The van der Waals surface area contributed by atoms with Gasteiger partial charge < -0.3 is 5.73 Å². The molecule has 0 radical (unpaired) electrons. The molecule has 16 heavy (non-hydrogen) atoms. The Balaban J connectivity index is 1.99. The Morgan fingerprint density at radius 1 is 1.62 bits per heavy atom. The molecule has 1 atom stereocenters. The van der Waals surface area contributed by atoms with Crippen molar-refractivity contribution in [2.75, 3.05) is 0 Å². The molecule has 84 valence electrons. The SMILES string of the molecule is NC(=S)N/N=C\c1ccc([C@H]2C=CCC2)s1. The second-order valence-electron chi connectivity index (χ2n) is 3.59. The Kier molecular flexibility index (Phi) is 3.69. The second kappa shape index (κ2) is 5.23. The summed E-state index contributed by atoms with van der Waals surface area (Å²) in [5, 5.41) is 4.12. The highest BCUT2D eigenvalue weighted by Crippen LogP contribution is 2.32. The van der Waals surface area contributed by atoms with Crippen molar-refractivity contribution in [2.24, 2.45) is 10.8 Å². The van der Waals surface area contributed by atoms with Gasteiger partial charge in [-0.25, -0.2) is 0 Å². The van der Waals surface area contributed by atoms with Crippen LogP contribution in [0.25, 0.3) is 0 Å². The van der Waals surface area contributed by atoms with Crippen LogP contribution < -0.4 is 11.2 Å². The number of hydrazone groups is 1. The van der Waals surface area contributed by atoms with Crippen LogP contribution in [0.4, 0.5) is 0 Å². The minimum absolute atomic E-state index is 0.187. The Labute approximate surface area is 104 Å². The molecule has 0 saturated carbocycles. The molecule has 2 rings (SSSR count). The number of rotatable bonds is 3. The van der Waals surface area contributed by atoms with Gasteiger partial charge in [-0.2, -0.15) is 5.10 Å². The molecule has 1 aromatic rings. The third-order valence-electron chi connectivity index (χ3n) is 2.39. The third kappa shape index (κ3) is 2.90. The number of nitrogens with two attached hydrogens (primary N) is 1. The Morgan fingerprint density at radius 3 is 3.19 bits per heavy atom. The van der Waals surface area contributed by atoms with E-state index < -0.39 is 0 Å². The summed E-state index contributed by atoms with van der Waals surface area (Å²) in [5.74, 6) is 0.593. The molecular formula is C11H13N3S2. The van der Waals surface area contributed by atoms with Crippen LogP contribution in [-0.4, -0.2) is 11.3 Å². The summed E-state index contributed by atoms with van der Waals surface area (Å²) in [7, 11) is 0. The van der Waals surface area contributed by atoms with Gasteiger partial charge in [0.05, 0.1) is 6.21 Å². The normalized spacial score (nSPS) is 19.4. The molecule has 1 aromatic heterocycles. The van der Waals surface area contributed by atoms with Crippen molar-refractivity contribution < 1.29 is 0 Å². The van der Waals surface area contributed by atoms with Crippen LogP contribution in [0, 0.1) is 0 Å². The summed E-state index contributed by atoms with van der Waals surface area (Å²) in [6.07, 6.45) is 8.68. The van der Waals surface area contributed by atoms with Crippen molar-refractivity contribution in [3.05, 3.63) is 34.0 Å². The van der Waals surface area contributed by atoms with Gasteiger partial charge in [0.2, 0.25) is 0 Å². The van der Waals surface area contributed by atoms with Crippen LogP contribution in [0.15, 0.2) is 29.4 Å². The van der Waals surface area contributed by atoms with E-state index in [0.717, 1.165) is 4.88 Å². The topological polar surface area (TPSA) is 50.4 Å². The zero-order valence-corrected chi connectivity index (χ0v) is 10.4. The highest BCUT2D eigenvalue weighted by atomic mass is 32.1. The van der Waals surface area contributed by atoms with E-state index in [1.165, 1.54) is 17.7 Å². The van der Waals surface area contributed by atoms with Gasteiger partial charge >= 0.3 is 0 Å². The Morgan fingerprint density at radius 2 is 2.50 bits per heavy atom. The predicted molar refractivity (Wildman–Crippen MR) is 72.9 cm³/mol. The average Bonchev–Trinajstić information content (AvgIpc) is 2.85. The molecule has 0 spiro atoms. The van der Waals surface area contributed by atoms with Crippen LogP contribution in [0.5, 0.6) is 0 Å². The number of hydrogen-bond donors (Lipinski definition) is 2. The first-order valence-electron chi connectivity index (χ1n) is 5.10. The molecule has 1 aliphatic rings. The third-order valence-corrected chi connectivity index (χ3v) is 3.64. The highest BCUT2D eigenvalue weighted by Gasteiger charge is 2.13. The number of thiophene rings is 1. The maximum Gasteiger partial charge on any atom is 0.184 e. The van der Waals surface area contributed by atoms with Crippen molar-refractivity contribution in [1.29, 1.82) is 0 Å². The summed E-state index contributed by atoms with van der Waals surface area (Å²) in [4.78, 5) is 2.50. The lowest BCUT2D eigenvalue weighted by atomic mass is 10.1. The van der Waals surface area contributed by atoms with E-state index in [0.29, 0.717) is 5.92 Å². The lowest BCUT2D eigenvalue weighted by Gasteiger charge is -2.01. The first kappa shape index (κ1) is 11.3. The minimum atomic E-state index is 0.187. The Bertz CT molecular complexity index is 434. The fourth-order valence-corrected chi connectivity index (χ4v) is 2.72. The number of allylic oxidation sites excluding steroid dienone is 2. The number of hydrogen-bond acceptors (Lipinski definition) is 3.